The summed E-state index contributed by atoms with van der Waals surface area (Å²) in [6.07, 6.45) is 4.61. The molecule has 0 bridgehead atoms. The minimum absolute atomic E-state index is 0.187. The van der Waals surface area contributed by atoms with Gasteiger partial charge in [-0.2, -0.15) is 0 Å². The molecule has 1 saturated carbocycles. The van der Waals surface area contributed by atoms with E-state index in [1.165, 1.54) is 24.5 Å². The molecule has 3 rings (SSSR count). The molecule has 1 fully saturated rings. The van der Waals surface area contributed by atoms with Crippen molar-refractivity contribution in [2.24, 2.45) is 11.7 Å². The largest absolute Gasteiger partial charge is 0.358 e. The van der Waals surface area contributed by atoms with Crippen LogP contribution in [0.2, 0.25) is 0 Å². The lowest BCUT2D eigenvalue weighted by Gasteiger charge is -2.15. The summed E-state index contributed by atoms with van der Waals surface area (Å²) >= 11 is 0. The first kappa shape index (κ1) is 11.7. The Labute approximate surface area is 106 Å². The van der Waals surface area contributed by atoms with E-state index < -0.39 is 0 Å². The van der Waals surface area contributed by atoms with Crippen LogP contribution >= 0.6 is 0 Å². The number of benzene rings is 1. The number of aromatic nitrogens is 1. The van der Waals surface area contributed by atoms with Gasteiger partial charge in [0, 0.05) is 22.6 Å². The Hall–Kier alpha value is -1.35. The third-order valence-electron chi connectivity index (χ3n) is 4.27. The molecule has 1 aliphatic carbocycles. The highest BCUT2D eigenvalue weighted by Crippen LogP contribution is 2.31. The average Bonchev–Trinajstić information content (AvgIpc) is 2.85. The molecular formula is C15H19FN2. The Morgan fingerprint density at radius 2 is 2.22 bits per heavy atom. The van der Waals surface area contributed by atoms with Crippen molar-refractivity contribution in [1.82, 2.24) is 4.98 Å². The quantitative estimate of drug-likeness (QED) is 0.839. The van der Waals surface area contributed by atoms with Gasteiger partial charge < -0.3 is 10.7 Å². The highest BCUT2D eigenvalue weighted by atomic mass is 19.1. The maximum absolute atomic E-state index is 13.2. The fraction of sp³-hybridized carbons (Fsp3) is 0.467. The summed E-state index contributed by atoms with van der Waals surface area (Å²) in [5, 5.41) is 1.15. The minimum Gasteiger partial charge on any atom is -0.358 e. The number of hydrogen-bond acceptors (Lipinski definition) is 1. The fourth-order valence-electron chi connectivity index (χ4n) is 3.21. The molecule has 96 valence electrons. The lowest BCUT2D eigenvalue weighted by atomic mass is 9.93. The molecule has 0 radical (unpaired) electrons. The van der Waals surface area contributed by atoms with E-state index in [0.717, 1.165) is 29.4 Å². The first-order chi connectivity index (χ1) is 8.65. The number of H-pyrrole nitrogens is 1. The highest BCUT2D eigenvalue weighted by molar-refractivity contribution is 5.84. The molecular weight excluding hydrogens is 227 g/mol. The van der Waals surface area contributed by atoms with Gasteiger partial charge in [-0.1, -0.05) is 6.42 Å². The van der Waals surface area contributed by atoms with Gasteiger partial charge in [0.2, 0.25) is 0 Å². The van der Waals surface area contributed by atoms with E-state index in [-0.39, 0.29) is 5.82 Å². The molecule has 3 heteroatoms. The third-order valence-corrected chi connectivity index (χ3v) is 4.27. The molecule has 2 atom stereocenters. The van der Waals surface area contributed by atoms with Crippen LogP contribution in [0.4, 0.5) is 4.39 Å². The van der Waals surface area contributed by atoms with Gasteiger partial charge in [0.1, 0.15) is 5.82 Å². The summed E-state index contributed by atoms with van der Waals surface area (Å²) in [7, 11) is 0. The van der Waals surface area contributed by atoms with Crippen molar-refractivity contribution in [2.45, 2.75) is 38.6 Å². The molecule has 0 spiro atoms. The van der Waals surface area contributed by atoms with Crippen LogP contribution in [0.1, 0.15) is 30.5 Å². The van der Waals surface area contributed by atoms with Crippen LogP contribution in [0.3, 0.4) is 0 Å². The number of nitrogens with two attached hydrogens (primary N) is 1. The van der Waals surface area contributed by atoms with Crippen molar-refractivity contribution in [3.05, 3.63) is 35.3 Å². The van der Waals surface area contributed by atoms with Crippen LogP contribution in [-0.2, 0) is 6.42 Å². The number of rotatable bonds is 2. The molecule has 3 N–H and O–H groups in total. The first-order valence-electron chi connectivity index (χ1n) is 6.67. The second-order valence-corrected chi connectivity index (χ2v) is 5.48. The Bertz CT molecular complexity index is 573. The summed E-state index contributed by atoms with van der Waals surface area (Å²) < 4.78 is 13.2. The number of fused-ring (bicyclic) bond motifs is 1. The number of hydrogen-bond donors (Lipinski definition) is 2. The Morgan fingerprint density at radius 1 is 1.39 bits per heavy atom. The minimum atomic E-state index is -0.187. The number of aromatic amines is 1. The summed E-state index contributed by atoms with van der Waals surface area (Å²) in [4.78, 5) is 3.28. The molecule has 2 nitrogen and oxygen atoms in total. The zero-order valence-corrected chi connectivity index (χ0v) is 10.7. The molecule has 1 aromatic carbocycles. The standard InChI is InChI=1S/C15H19FN2/c1-9-13(7-10-3-2-4-14(10)17)12-6-5-11(16)8-15(12)18-9/h5-6,8,10,14,18H,2-4,7,17H2,1H3. The molecule has 18 heavy (non-hydrogen) atoms. The van der Waals surface area contributed by atoms with Gasteiger partial charge in [-0.05, 0) is 55.9 Å². The maximum Gasteiger partial charge on any atom is 0.125 e. The van der Waals surface area contributed by atoms with Gasteiger partial charge in [0.15, 0.2) is 0 Å². The second kappa shape index (κ2) is 4.39. The Kier molecular flexibility index (Phi) is 2.86. The molecule has 1 aromatic heterocycles. The smallest absolute Gasteiger partial charge is 0.125 e. The summed E-state index contributed by atoms with van der Waals surface area (Å²) in [6.45, 7) is 2.06. The predicted molar refractivity (Wildman–Crippen MR) is 72.0 cm³/mol. The fourth-order valence-corrected chi connectivity index (χ4v) is 3.21. The van der Waals surface area contributed by atoms with E-state index >= 15 is 0 Å². The Balaban J connectivity index is 1.98. The van der Waals surface area contributed by atoms with Gasteiger partial charge in [-0.25, -0.2) is 4.39 Å². The van der Waals surface area contributed by atoms with E-state index in [1.54, 1.807) is 6.07 Å². The van der Waals surface area contributed by atoms with Gasteiger partial charge >= 0.3 is 0 Å². The second-order valence-electron chi connectivity index (χ2n) is 5.48. The van der Waals surface area contributed by atoms with Crippen molar-refractivity contribution in [1.29, 1.82) is 0 Å². The SMILES string of the molecule is Cc1[nH]c2cc(F)ccc2c1CC1CCCC1N. The van der Waals surface area contributed by atoms with Gasteiger partial charge in [-0.3, -0.25) is 0 Å². The van der Waals surface area contributed by atoms with Crippen molar-refractivity contribution in [3.63, 3.8) is 0 Å². The molecule has 1 aliphatic rings. The van der Waals surface area contributed by atoms with Crippen molar-refractivity contribution >= 4 is 10.9 Å². The normalized spacial score (nSPS) is 23.9. The van der Waals surface area contributed by atoms with Crippen molar-refractivity contribution in [3.8, 4) is 0 Å². The molecule has 0 saturated heterocycles. The Morgan fingerprint density at radius 3 is 2.94 bits per heavy atom. The molecule has 2 unspecified atom stereocenters. The monoisotopic (exact) mass is 246 g/mol. The molecule has 2 aromatic rings. The maximum atomic E-state index is 13.2. The van der Waals surface area contributed by atoms with Gasteiger partial charge in [0.05, 0.1) is 0 Å². The van der Waals surface area contributed by atoms with E-state index in [2.05, 4.69) is 11.9 Å². The number of aryl methyl sites for hydroxylation is 1. The predicted octanol–water partition coefficient (Wildman–Crippen LogP) is 3.29. The van der Waals surface area contributed by atoms with Crippen molar-refractivity contribution < 1.29 is 4.39 Å². The molecule has 0 aliphatic heterocycles. The number of halogens is 1. The summed E-state index contributed by atoms with van der Waals surface area (Å²) in [6, 6.07) is 5.31. The third kappa shape index (κ3) is 1.93. The van der Waals surface area contributed by atoms with Crippen LogP contribution in [0.15, 0.2) is 18.2 Å². The molecule has 0 amide bonds. The van der Waals surface area contributed by atoms with Crippen LogP contribution < -0.4 is 5.73 Å². The lowest BCUT2D eigenvalue weighted by molar-refractivity contribution is 0.479. The zero-order chi connectivity index (χ0) is 12.7. The van der Waals surface area contributed by atoms with Crippen LogP contribution in [0.5, 0.6) is 0 Å². The lowest BCUT2D eigenvalue weighted by Crippen LogP contribution is -2.25. The van der Waals surface area contributed by atoms with Crippen LogP contribution in [0, 0.1) is 18.7 Å². The number of nitrogens with one attached hydrogen (secondary N) is 1. The first-order valence-corrected chi connectivity index (χ1v) is 6.67. The highest BCUT2D eigenvalue weighted by Gasteiger charge is 2.25. The summed E-state index contributed by atoms with van der Waals surface area (Å²) in [5.74, 6) is 0.389. The molecule has 1 heterocycles. The average molecular weight is 246 g/mol. The van der Waals surface area contributed by atoms with Gasteiger partial charge in [-0.15, -0.1) is 0 Å². The van der Waals surface area contributed by atoms with Crippen LogP contribution in [-0.4, -0.2) is 11.0 Å². The summed E-state index contributed by atoms with van der Waals surface area (Å²) in [5.41, 5.74) is 9.50. The zero-order valence-electron chi connectivity index (χ0n) is 10.7. The van der Waals surface area contributed by atoms with E-state index in [0.29, 0.717) is 12.0 Å². The van der Waals surface area contributed by atoms with Crippen molar-refractivity contribution in [2.75, 3.05) is 0 Å². The van der Waals surface area contributed by atoms with E-state index in [4.69, 9.17) is 5.73 Å². The van der Waals surface area contributed by atoms with E-state index in [1.807, 2.05) is 6.07 Å². The van der Waals surface area contributed by atoms with Crippen LogP contribution in [0.25, 0.3) is 10.9 Å². The topological polar surface area (TPSA) is 41.8 Å². The van der Waals surface area contributed by atoms with E-state index in [9.17, 15) is 4.39 Å². The van der Waals surface area contributed by atoms with Gasteiger partial charge in [0.25, 0.3) is 0 Å².